The molecule has 0 bridgehead atoms. The summed E-state index contributed by atoms with van der Waals surface area (Å²) in [7, 11) is 0. The summed E-state index contributed by atoms with van der Waals surface area (Å²) in [5.74, 6) is 1.23. The molecule has 0 spiro atoms. The number of nitrogens with one attached hydrogen (secondary N) is 1. The van der Waals surface area contributed by atoms with E-state index in [9.17, 15) is 18.7 Å². The third-order valence-electron chi connectivity index (χ3n) is 6.06. The molecule has 6 nitrogen and oxygen atoms in total. The van der Waals surface area contributed by atoms with Crippen LogP contribution in [-0.4, -0.2) is 34.5 Å². The summed E-state index contributed by atoms with van der Waals surface area (Å²) < 4.78 is 23.0. The quantitative estimate of drug-likeness (QED) is 0.0944. The minimum atomic E-state index is -1.48. The van der Waals surface area contributed by atoms with Crippen molar-refractivity contribution in [2.75, 3.05) is 16.9 Å². The lowest BCUT2D eigenvalue weighted by atomic mass is 9.99. The molecule has 3 atom stereocenters. The fourth-order valence-electron chi connectivity index (χ4n) is 3.50. The molecule has 218 valence electrons. The molecule has 2 aromatic rings. The third kappa shape index (κ3) is 14.5. The van der Waals surface area contributed by atoms with Gasteiger partial charge < -0.3 is 10.4 Å². The first-order valence-electron chi connectivity index (χ1n) is 13.7. The predicted molar refractivity (Wildman–Crippen MR) is 163 cm³/mol. The molecule has 2 N–H and O–H groups in total. The van der Waals surface area contributed by atoms with Gasteiger partial charge in [-0.2, -0.15) is 9.49 Å². The molecule has 2 rings (SSSR count). The Labute approximate surface area is 238 Å². The maximum atomic E-state index is 12.4. The van der Waals surface area contributed by atoms with Gasteiger partial charge in [0.25, 0.3) is 0 Å². The molecule has 0 saturated heterocycles. The van der Waals surface area contributed by atoms with Crippen molar-refractivity contribution in [2.45, 2.75) is 65.9 Å². The molecule has 40 heavy (non-hydrogen) atoms. The first kappa shape index (κ1) is 34.4. The van der Waals surface area contributed by atoms with Crippen LogP contribution in [-0.2, 0) is 4.79 Å². The van der Waals surface area contributed by atoms with Crippen molar-refractivity contribution < 1.29 is 18.7 Å². The van der Waals surface area contributed by atoms with Crippen LogP contribution < -0.4 is 10.3 Å². The highest BCUT2D eigenvalue weighted by Gasteiger charge is 2.15. The van der Waals surface area contributed by atoms with E-state index < -0.39 is 18.6 Å². The lowest BCUT2D eigenvalue weighted by molar-refractivity contribution is -0.131. The van der Waals surface area contributed by atoms with Gasteiger partial charge in [0.15, 0.2) is 0 Å². The fourth-order valence-corrected chi connectivity index (χ4v) is 3.50. The molecule has 0 aliphatic rings. The van der Waals surface area contributed by atoms with Gasteiger partial charge in [-0.15, -0.1) is 6.58 Å². The minimum Gasteiger partial charge on any atom is -0.393 e. The van der Waals surface area contributed by atoms with E-state index in [4.69, 9.17) is 5.10 Å². The number of hydrogen-bond acceptors (Lipinski definition) is 6. The highest BCUT2D eigenvalue weighted by molar-refractivity contribution is 5.88. The van der Waals surface area contributed by atoms with Crippen molar-refractivity contribution in [3.05, 3.63) is 85.9 Å². The second-order valence-corrected chi connectivity index (χ2v) is 9.51. The van der Waals surface area contributed by atoms with Crippen LogP contribution in [0.5, 0.6) is 0 Å². The van der Waals surface area contributed by atoms with Gasteiger partial charge in [-0.1, -0.05) is 63.3 Å². The number of pyridine rings is 1. The molecule has 1 aromatic carbocycles. The first-order valence-corrected chi connectivity index (χ1v) is 13.7. The fraction of sp³-hybridized carbons (Fsp3) is 0.406. The number of hydrogen-bond donors (Lipinski definition) is 2. The lowest BCUT2D eigenvalue weighted by Crippen LogP contribution is -2.26. The molecule has 0 aliphatic heterocycles. The summed E-state index contributed by atoms with van der Waals surface area (Å²) in [6.45, 7) is 12.6. The van der Waals surface area contributed by atoms with Crippen LogP contribution in [0.3, 0.4) is 0 Å². The maximum absolute atomic E-state index is 12.4. The zero-order valence-electron chi connectivity index (χ0n) is 24.1. The van der Waals surface area contributed by atoms with Gasteiger partial charge in [0.05, 0.1) is 24.5 Å². The second kappa shape index (κ2) is 20.3. The Hall–Kier alpha value is -3.65. The number of carbonyl (C=O) groups excluding carboxylic acids is 1. The van der Waals surface area contributed by atoms with Crippen LogP contribution in [0.25, 0.3) is 0 Å². The van der Waals surface area contributed by atoms with Gasteiger partial charge in [0.2, 0.25) is 0 Å². The number of anilines is 3. The molecule has 0 aliphatic carbocycles. The molecular formula is C32H44F2N4O2. The van der Waals surface area contributed by atoms with Crippen molar-refractivity contribution in [2.24, 2.45) is 16.9 Å². The van der Waals surface area contributed by atoms with Crippen LogP contribution in [0.15, 0.2) is 91.0 Å². The van der Waals surface area contributed by atoms with Crippen molar-refractivity contribution in [3.63, 3.8) is 0 Å². The van der Waals surface area contributed by atoms with Crippen LogP contribution in [0, 0.1) is 11.8 Å². The largest absolute Gasteiger partial charge is 0.393 e. The number of para-hydroxylation sites is 1. The summed E-state index contributed by atoms with van der Waals surface area (Å²) in [5, 5.41) is 20.1. The van der Waals surface area contributed by atoms with Gasteiger partial charge in [-0.05, 0) is 56.2 Å². The van der Waals surface area contributed by atoms with E-state index in [-0.39, 0.29) is 11.8 Å². The van der Waals surface area contributed by atoms with Crippen molar-refractivity contribution in [3.8, 4) is 0 Å². The number of aliphatic hydroxyl groups is 1. The zero-order valence-corrected chi connectivity index (χ0v) is 24.1. The van der Waals surface area contributed by atoms with Crippen molar-refractivity contribution in [1.29, 1.82) is 0 Å². The molecule has 0 amide bonds. The molecular weight excluding hydrogens is 510 g/mol. The number of aromatic nitrogens is 1. The number of rotatable bonds is 16. The number of halogens is 2. The van der Waals surface area contributed by atoms with E-state index in [1.807, 2.05) is 65.7 Å². The summed E-state index contributed by atoms with van der Waals surface area (Å²) in [6, 6.07) is 12.4. The smallest absolute Gasteiger partial charge is 0.304 e. The monoisotopic (exact) mass is 554 g/mol. The van der Waals surface area contributed by atoms with Crippen molar-refractivity contribution in [1.82, 2.24) is 4.98 Å². The molecule has 0 fully saturated rings. The van der Waals surface area contributed by atoms with Gasteiger partial charge in [0, 0.05) is 36.6 Å². The highest BCUT2D eigenvalue weighted by Crippen LogP contribution is 2.23. The molecule has 0 saturated carbocycles. The second-order valence-electron chi connectivity index (χ2n) is 9.51. The summed E-state index contributed by atoms with van der Waals surface area (Å²) in [5.41, 5.74) is 2.93. The van der Waals surface area contributed by atoms with E-state index in [0.717, 1.165) is 29.3 Å². The summed E-state index contributed by atoms with van der Waals surface area (Å²) in [4.78, 5) is 15.0. The van der Waals surface area contributed by atoms with Gasteiger partial charge in [0.1, 0.15) is 5.82 Å². The Balaban J connectivity index is 0.00000187. The van der Waals surface area contributed by atoms with E-state index in [1.165, 1.54) is 6.08 Å². The average Bonchev–Trinajstić information content (AvgIpc) is 2.95. The van der Waals surface area contributed by atoms with Gasteiger partial charge in [-0.3, -0.25) is 9.80 Å². The molecule has 2 unspecified atom stereocenters. The number of carbonyl (C=O) groups is 1. The van der Waals surface area contributed by atoms with E-state index in [0.29, 0.717) is 32.1 Å². The summed E-state index contributed by atoms with van der Waals surface area (Å²) >= 11 is 0. The van der Waals surface area contributed by atoms with Crippen LogP contribution in [0.2, 0.25) is 0 Å². The van der Waals surface area contributed by atoms with E-state index in [2.05, 4.69) is 37.7 Å². The minimum absolute atomic E-state index is 0.223. The molecule has 1 heterocycles. The molecule has 0 radical (unpaired) electrons. The first-order chi connectivity index (χ1) is 19.2. The topological polar surface area (TPSA) is 77.8 Å². The molecule has 1 aromatic heterocycles. The Morgan fingerprint density at radius 1 is 1.23 bits per heavy atom. The predicted octanol–water partition coefficient (Wildman–Crippen LogP) is 8.32. The SMILES string of the molecule is C/C=C/F.C=CC(C)CN(/N=C(\C/C=C/CC[C@@H](O)CC(=O)F)C(C)CC)c1ccnc(Nc2ccccc2)c1. The Morgan fingerprint density at radius 3 is 2.52 bits per heavy atom. The number of aliphatic hydroxyl groups excluding tert-OH is 1. The number of hydrazone groups is 1. The number of allylic oxidation sites excluding steroid dienone is 3. The number of benzene rings is 1. The lowest BCUT2D eigenvalue weighted by Gasteiger charge is -2.25. The van der Waals surface area contributed by atoms with Crippen molar-refractivity contribution >= 4 is 28.9 Å². The van der Waals surface area contributed by atoms with Crippen LogP contribution >= 0.6 is 0 Å². The maximum Gasteiger partial charge on any atom is 0.304 e. The van der Waals surface area contributed by atoms with Gasteiger partial charge >= 0.3 is 6.04 Å². The normalized spacial score (nSPS) is 13.8. The highest BCUT2D eigenvalue weighted by atomic mass is 19.1. The average molecular weight is 555 g/mol. The van der Waals surface area contributed by atoms with E-state index in [1.54, 1.807) is 13.1 Å². The zero-order chi connectivity index (χ0) is 29.8. The summed E-state index contributed by atoms with van der Waals surface area (Å²) in [6.07, 6.45) is 10.6. The third-order valence-corrected chi connectivity index (χ3v) is 6.06. The standard InChI is InChI=1S/C29H39FN4O2.C3H5F/c1-5-22(3)21-34(25-17-18-31-29(19-25)32-24-13-9-7-10-14-24)33-27(23(4)6-2)16-12-8-11-15-26(35)20-28(30)36;1-2-3-4/h5,7-10,12-14,17-19,22-23,26,35H,1,6,11,15-16,20-21H2,2-4H3,(H,31,32);2-3H,1H3/b12-8+,33-27+;3-2+/t22?,23?,26-;/m1./s1. The Bertz CT molecular complexity index is 1090. The van der Waals surface area contributed by atoms with Gasteiger partial charge in [-0.25, -0.2) is 9.37 Å². The Morgan fingerprint density at radius 2 is 1.93 bits per heavy atom. The Kier molecular flexibility index (Phi) is 17.4. The van der Waals surface area contributed by atoms with E-state index >= 15 is 0 Å². The number of nitrogens with zero attached hydrogens (tertiary/aromatic N) is 3. The van der Waals surface area contributed by atoms with Crippen LogP contribution in [0.4, 0.5) is 26.0 Å². The molecule has 8 heteroatoms. The van der Waals surface area contributed by atoms with Crippen LogP contribution in [0.1, 0.15) is 59.8 Å².